The van der Waals surface area contributed by atoms with Crippen molar-refractivity contribution >= 4 is 45.3 Å². The summed E-state index contributed by atoms with van der Waals surface area (Å²) in [5.74, 6) is -1.06. The molecule has 0 fully saturated rings. The summed E-state index contributed by atoms with van der Waals surface area (Å²) in [5, 5.41) is 9.61. The zero-order valence-electron chi connectivity index (χ0n) is 8.93. The van der Waals surface area contributed by atoms with Crippen molar-refractivity contribution in [3.63, 3.8) is 0 Å². The third-order valence-corrected chi connectivity index (χ3v) is 4.15. The lowest BCUT2D eigenvalue weighted by molar-refractivity contribution is 0.0696. The smallest absolute Gasteiger partial charge is 0.337 e. The van der Waals surface area contributed by atoms with Gasteiger partial charge in [-0.05, 0) is 30.3 Å². The fourth-order valence-electron chi connectivity index (χ4n) is 1.28. The molecule has 1 N–H and O–H groups in total. The first-order chi connectivity index (χ1) is 8.58. The molecule has 92 valence electrons. The minimum absolute atomic E-state index is 0.0614. The largest absolute Gasteiger partial charge is 0.478 e. The van der Waals surface area contributed by atoms with Crippen LogP contribution in [0.5, 0.6) is 0 Å². The predicted octanol–water partition coefficient (Wildman–Crippen LogP) is 4.35. The number of pyridine rings is 1. The first-order valence-electron chi connectivity index (χ1n) is 4.89. The van der Waals surface area contributed by atoms with Crippen LogP contribution in [0.15, 0.2) is 50.9 Å². The molecule has 0 saturated carbocycles. The molecular formula is C12H7BrClNO2S. The average Bonchev–Trinajstić information content (AvgIpc) is 2.34. The lowest BCUT2D eigenvalue weighted by Crippen LogP contribution is -1.99. The molecule has 18 heavy (non-hydrogen) atoms. The molecule has 1 aromatic carbocycles. The Kier molecular flexibility index (Phi) is 4.27. The molecule has 0 aliphatic carbocycles. The van der Waals surface area contributed by atoms with E-state index in [4.69, 9.17) is 16.7 Å². The van der Waals surface area contributed by atoms with Crippen molar-refractivity contribution in [2.45, 2.75) is 9.92 Å². The molecule has 2 aromatic rings. The summed E-state index contributed by atoms with van der Waals surface area (Å²) in [5.41, 5.74) is 0.0614. The van der Waals surface area contributed by atoms with E-state index in [1.165, 1.54) is 24.0 Å². The van der Waals surface area contributed by atoms with E-state index < -0.39 is 5.97 Å². The molecule has 6 heteroatoms. The zero-order valence-corrected chi connectivity index (χ0v) is 12.1. The second-order valence-electron chi connectivity index (χ2n) is 3.34. The summed E-state index contributed by atoms with van der Waals surface area (Å²) < 4.78 is 0.977. The third-order valence-electron chi connectivity index (χ3n) is 2.12. The molecule has 0 amide bonds. The summed E-state index contributed by atoms with van der Waals surface area (Å²) >= 11 is 10.7. The molecule has 0 aliphatic heterocycles. The highest BCUT2D eigenvalue weighted by atomic mass is 79.9. The van der Waals surface area contributed by atoms with Crippen molar-refractivity contribution in [2.24, 2.45) is 0 Å². The standard InChI is InChI=1S/C12H7BrClNO2S/c13-7-1-3-8(4-2-7)18-11-10(14)9(12(16)17)5-6-15-11/h1-6H,(H,16,17). The molecule has 0 aliphatic rings. The van der Waals surface area contributed by atoms with E-state index in [1.54, 1.807) is 0 Å². The summed E-state index contributed by atoms with van der Waals surface area (Å²) in [7, 11) is 0. The van der Waals surface area contributed by atoms with Crippen LogP contribution < -0.4 is 0 Å². The first kappa shape index (κ1) is 13.4. The van der Waals surface area contributed by atoms with Gasteiger partial charge in [0.2, 0.25) is 0 Å². The van der Waals surface area contributed by atoms with Gasteiger partial charge in [0.15, 0.2) is 0 Å². The summed E-state index contributed by atoms with van der Waals surface area (Å²) in [4.78, 5) is 16.0. The molecule has 0 radical (unpaired) electrons. The van der Waals surface area contributed by atoms with Crippen molar-refractivity contribution < 1.29 is 9.90 Å². The zero-order chi connectivity index (χ0) is 13.1. The van der Waals surface area contributed by atoms with Gasteiger partial charge >= 0.3 is 5.97 Å². The first-order valence-corrected chi connectivity index (χ1v) is 6.88. The van der Waals surface area contributed by atoms with Gasteiger partial charge in [0.25, 0.3) is 0 Å². The van der Waals surface area contributed by atoms with Gasteiger partial charge in [-0.1, -0.05) is 39.3 Å². The van der Waals surface area contributed by atoms with Crippen LogP contribution in [0.3, 0.4) is 0 Å². The number of hydrogen-bond acceptors (Lipinski definition) is 3. The van der Waals surface area contributed by atoms with Gasteiger partial charge in [-0.2, -0.15) is 0 Å². The van der Waals surface area contributed by atoms with Crippen LogP contribution in [-0.4, -0.2) is 16.1 Å². The number of aromatic carboxylic acids is 1. The van der Waals surface area contributed by atoms with Crippen LogP contribution in [-0.2, 0) is 0 Å². The number of rotatable bonds is 3. The number of benzene rings is 1. The molecule has 1 aromatic heterocycles. The lowest BCUT2D eigenvalue weighted by Gasteiger charge is -2.05. The van der Waals surface area contributed by atoms with Crippen molar-refractivity contribution in [3.8, 4) is 0 Å². The molecular weight excluding hydrogens is 338 g/mol. The maximum absolute atomic E-state index is 10.9. The van der Waals surface area contributed by atoms with Crippen LogP contribution in [0.2, 0.25) is 5.02 Å². The summed E-state index contributed by atoms with van der Waals surface area (Å²) in [6.45, 7) is 0. The van der Waals surface area contributed by atoms with Crippen LogP contribution in [0.25, 0.3) is 0 Å². The molecule has 0 saturated heterocycles. The Bertz CT molecular complexity index is 589. The van der Waals surface area contributed by atoms with E-state index in [0.29, 0.717) is 5.03 Å². The van der Waals surface area contributed by atoms with Crippen molar-refractivity contribution in [1.82, 2.24) is 4.98 Å². The topological polar surface area (TPSA) is 50.2 Å². The second kappa shape index (κ2) is 5.73. The van der Waals surface area contributed by atoms with Gasteiger partial charge < -0.3 is 5.11 Å². The van der Waals surface area contributed by atoms with Gasteiger partial charge in [0.05, 0.1) is 10.6 Å². The minimum Gasteiger partial charge on any atom is -0.478 e. The highest BCUT2D eigenvalue weighted by molar-refractivity contribution is 9.10. The Balaban J connectivity index is 2.32. The van der Waals surface area contributed by atoms with Crippen LogP contribution in [0.1, 0.15) is 10.4 Å². The minimum atomic E-state index is -1.06. The fourth-order valence-corrected chi connectivity index (χ4v) is 2.66. The van der Waals surface area contributed by atoms with Gasteiger partial charge in [0, 0.05) is 15.6 Å². The third kappa shape index (κ3) is 3.04. The SMILES string of the molecule is O=C(O)c1ccnc(Sc2ccc(Br)cc2)c1Cl. The number of carboxylic acids is 1. The van der Waals surface area contributed by atoms with Crippen LogP contribution in [0.4, 0.5) is 0 Å². The van der Waals surface area contributed by atoms with E-state index >= 15 is 0 Å². The van der Waals surface area contributed by atoms with Crippen LogP contribution in [0, 0.1) is 0 Å². The van der Waals surface area contributed by atoms with Crippen molar-refractivity contribution in [3.05, 3.63) is 51.6 Å². The normalized spacial score (nSPS) is 10.3. The summed E-state index contributed by atoms with van der Waals surface area (Å²) in [6, 6.07) is 8.99. The quantitative estimate of drug-likeness (QED) is 0.899. The van der Waals surface area contributed by atoms with Crippen LogP contribution >= 0.6 is 39.3 Å². The van der Waals surface area contributed by atoms with Gasteiger partial charge in [-0.3, -0.25) is 0 Å². The Morgan fingerprint density at radius 1 is 1.28 bits per heavy atom. The molecule has 0 spiro atoms. The maximum Gasteiger partial charge on any atom is 0.337 e. The Labute approximate surface area is 121 Å². The maximum atomic E-state index is 10.9. The number of carboxylic acid groups (broad SMARTS) is 1. The predicted molar refractivity (Wildman–Crippen MR) is 74.5 cm³/mol. The number of carbonyl (C=O) groups is 1. The van der Waals surface area contributed by atoms with E-state index in [2.05, 4.69) is 20.9 Å². The summed E-state index contributed by atoms with van der Waals surface area (Å²) in [6.07, 6.45) is 1.44. The highest BCUT2D eigenvalue weighted by Gasteiger charge is 2.14. The Hall–Kier alpha value is -1.04. The molecule has 0 bridgehead atoms. The van der Waals surface area contributed by atoms with Gasteiger partial charge in [-0.25, -0.2) is 9.78 Å². The fraction of sp³-hybridized carbons (Fsp3) is 0. The molecule has 0 unspecified atom stereocenters. The van der Waals surface area contributed by atoms with E-state index in [0.717, 1.165) is 9.37 Å². The van der Waals surface area contributed by atoms with Crippen molar-refractivity contribution in [2.75, 3.05) is 0 Å². The van der Waals surface area contributed by atoms with E-state index in [9.17, 15) is 4.79 Å². The van der Waals surface area contributed by atoms with E-state index in [-0.39, 0.29) is 10.6 Å². The number of halogens is 2. The van der Waals surface area contributed by atoms with Gasteiger partial charge in [0.1, 0.15) is 5.03 Å². The monoisotopic (exact) mass is 343 g/mol. The molecule has 0 atom stereocenters. The van der Waals surface area contributed by atoms with Gasteiger partial charge in [-0.15, -0.1) is 0 Å². The highest BCUT2D eigenvalue weighted by Crippen LogP contribution is 2.33. The number of nitrogens with zero attached hydrogens (tertiary/aromatic N) is 1. The number of aromatic nitrogens is 1. The number of hydrogen-bond donors (Lipinski definition) is 1. The molecule has 2 rings (SSSR count). The Morgan fingerprint density at radius 3 is 2.56 bits per heavy atom. The average molecular weight is 345 g/mol. The molecule has 3 nitrogen and oxygen atoms in total. The van der Waals surface area contributed by atoms with E-state index in [1.807, 2.05) is 24.3 Å². The Morgan fingerprint density at radius 2 is 1.94 bits per heavy atom. The molecule has 1 heterocycles. The second-order valence-corrected chi connectivity index (χ2v) is 5.69. The van der Waals surface area contributed by atoms with Crippen molar-refractivity contribution in [1.29, 1.82) is 0 Å². The lowest BCUT2D eigenvalue weighted by atomic mass is 10.3.